The van der Waals surface area contributed by atoms with Crippen molar-refractivity contribution in [3.05, 3.63) is 35.1 Å². The summed E-state index contributed by atoms with van der Waals surface area (Å²) in [5.74, 6) is 0.382. The van der Waals surface area contributed by atoms with Gasteiger partial charge in [-0.05, 0) is 31.5 Å². The minimum atomic E-state index is -0.298. The van der Waals surface area contributed by atoms with Crippen LogP contribution in [0.3, 0.4) is 0 Å². The standard InChI is InChI=1S/C13H14O3.C2H6/c1-8-4-9(2)13-11(5-8)6-12(16-13)7-15-10(3)14;1-2/h4-6H,7H2,1-3H3;1-2H3. The lowest BCUT2D eigenvalue weighted by Gasteiger charge is -1.97. The molecule has 98 valence electrons. The molecule has 0 aliphatic rings. The predicted molar refractivity (Wildman–Crippen MR) is 72.5 cm³/mol. The largest absolute Gasteiger partial charge is 0.458 e. The molecule has 3 nitrogen and oxygen atoms in total. The van der Waals surface area contributed by atoms with Crippen LogP contribution in [0.2, 0.25) is 0 Å². The van der Waals surface area contributed by atoms with Gasteiger partial charge in [-0.3, -0.25) is 4.79 Å². The van der Waals surface area contributed by atoms with Crippen molar-refractivity contribution in [1.29, 1.82) is 0 Å². The second kappa shape index (κ2) is 6.24. The molecule has 0 radical (unpaired) electrons. The number of ether oxygens (including phenoxy) is 1. The molecule has 1 heterocycles. The van der Waals surface area contributed by atoms with E-state index in [0.29, 0.717) is 5.76 Å². The summed E-state index contributed by atoms with van der Waals surface area (Å²) in [4.78, 5) is 10.7. The van der Waals surface area contributed by atoms with Crippen LogP contribution in [0.5, 0.6) is 0 Å². The summed E-state index contributed by atoms with van der Waals surface area (Å²) in [5, 5.41) is 1.06. The number of aryl methyl sites for hydroxylation is 2. The Morgan fingerprint density at radius 1 is 1.22 bits per heavy atom. The van der Waals surface area contributed by atoms with Crippen LogP contribution in [0.15, 0.2) is 22.6 Å². The molecule has 0 amide bonds. The van der Waals surface area contributed by atoms with Crippen LogP contribution < -0.4 is 0 Å². The van der Waals surface area contributed by atoms with Gasteiger partial charge in [-0.25, -0.2) is 0 Å². The smallest absolute Gasteiger partial charge is 0.303 e. The number of rotatable bonds is 2. The summed E-state index contributed by atoms with van der Waals surface area (Å²) >= 11 is 0. The van der Waals surface area contributed by atoms with Gasteiger partial charge in [0.15, 0.2) is 0 Å². The van der Waals surface area contributed by atoms with Crippen LogP contribution in [0.25, 0.3) is 11.0 Å². The molecule has 0 saturated carbocycles. The fourth-order valence-electron chi connectivity index (χ4n) is 1.81. The molecule has 0 fully saturated rings. The maximum Gasteiger partial charge on any atom is 0.303 e. The van der Waals surface area contributed by atoms with Crippen molar-refractivity contribution in [1.82, 2.24) is 0 Å². The minimum absolute atomic E-state index is 0.197. The number of hydrogen-bond donors (Lipinski definition) is 0. The second-order valence-corrected chi connectivity index (χ2v) is 3.99. The van der Waals surface area contributed by atoms with E-state index in [-0.39, 0.29) is 12.6 Å². The van der Waals surface area contributed by atoms with E-state index < -0.39 is 0 Å². The molecule has 18 heavy (non-hydrogen) atoms. The highest BCUT2D eigenvalue weighted by Crippen LogP contribution is 2.24. The lowest BCUT2D eigenvalue weighted by molar-refractivity contribution is -0.142. The van der Waals surface area contributed by atoms with Gasteiger partial charge >= 0.3 is 5.97 Å². The van der Waals surface area contributed by atoms with E-state index in [9.17, 15) is 4.79 Å². The Balaban J connectivity index is 0.000000771. The fourth-order valence-corrected chi connectivity index (χ4v) is 1.81. The van der Waals surface area contributed by atoms with E-state index in [1.54, 1.807) is 0 Å². The Bertz CT molecular complexity index is 538. The Kier molecular flexibility index (Phi) is 4.95. The van der Waals surface area contributed by atoms with E-state index in [0.717, 1.165) is 16.5 Å². The average Bonchev–Trinajstić information content (AvgIpc) is 2.72. The van der Waals surface area contributed by atoms with Gasteiger partial charge in [0.2, 0.25) is 0 Å². The maximum absolute atomic E-state index is 10.7. The van der Waals surface area contributed by atoms with Gasteiger partial charge in [0, 0.05) is 12.3 Å². The van der Waals surface area contributed by atoms with Crippen molar-refractivity contribution in [2.24, 2.45) is 0 Å². The summed E-state index contributed by atoms with van der Waals surface area (Å²) in [7, 11) is 0. The number of furan rings is 1. The molecule has 1 aromatic carbocycles. The maximum atomic E-state index is 10.7. The molecule has 0 unspecified atom stereocenters. The topological polar surface area (TPSA) is 39.4 Å². The summed E-state index contributed by atoms with van der Waals surface area (Å²) in [6.07, 6.45) is 0. The number of carbonyl (C=O) groups is 1. The van der Waals surface area contributed by atoms with Crippen molar-refractivity contribution in [3.63, 3.8) is 0 Å². The van der Waals surface area contributed by atoms with Gasteiger partial charge < -0.3 is 9.15 Å². The predicted octanol–water partition coefficient (Wildman–Crippen LogP) is 4.14. The molecule has 0 aliphatic carbocycles. The lowest BCUT2D eigenvalue weighted by Crippen LogP contribution is -1.97. The lowest BCUT2D eigenvalue weighted by atomic mass is 10.1. The van der Waals surface area contributed by atoms with Crippen molar-refractivity contribution in [3.8, 4) is 0 Å². The summed E-state index contributed by atoms with van der Waals surface area (Å²) < 4.78 is 10.5. The first kappa shape index (κ1) is 14.3. The third-order valence-electron chi connectivity index (χ3n) is 2.42. The van der Waals surface area contributed by atoms with Crippen molar-refractivity contribution >= 4 is 16.9 Å². The van der Waals surface area contributed by atoms with Gasteiger partial charge in [-0.15, -0.1) is 0 Å². The molecule has 2 aromatic rings. The van der Waals surface area contributed by atoms with Crippen molar-refractivity contribution < 1.29 is 13.9 Å². The average molecular weight is 248 g/mol. The Morgan fingerprint density at radius 3 is 2.50 bits per heavy atom. The monoisotopic (exact) mass is 248 g/mol. The first-order valence-corrected chi connectivity index (χ1v) is 6.19. The van der Waals surface area contributed by atoms with E-state index in [1.165, 1.54) is 12.5 Å². The van der Waals surface area contributed by atoms with Gasteiger partial charge in [0.05, 0.1) is 0 Å². The minimum Gasteiger partial charge on any atom is -0.458 e. The summed E-state index contributed by atoms with van der Waals surface area (Å²) in [5.41, 5.74) is 3.17. The highest BCUT2D eigenvalue weighted by atomic mass is 16.5. The fraction of sp³-hybridized carbons (Fsp3) is 0.400. The van der Waals surface area contributed by atoms with Crippen LogP contribution in [0.1, 0.15) is 37.7 Å². The number of fused-ring (bicyclic) bond motifs is 1. The first-order chi connectivity index (χ1) is 8.56. The van der Waals surface area contributed by atoms with E-state index in [4.69, 9.17) is 9.15 Å². The van der Waals surface area contributed by atoms with Crippen LogP contribution in [-0.2, 0) is 16.1 Å². The van der Waals surface area contributed by atoms with Gasteiger partial charge in [-0.1, -0.05) is 25.5 Å². The quantitative estimate of drug-likeness (QED) is 0.750. The molecule has 0 bridgehead atoms. The van der Waals surface area contributed by atoms with Crippen molar-refractivity contribution in [2.45, 2.75) is 41.2 Å². The zero-order valence-electron chi connectivity index (χ0n) is 11.7. The summed E-state index contributed by atoms with van der Waals surface area (Å²) in [6.45, 7) is 9.64. The van der Waals surface area contributed by atoms with Gasteiger partial charge in [0.25, 0.3) is 0 Å². The van der Waals surface area contributed by atoms with Crippen LogP contribution in [0.4, 0.5) is 0 Å². The Morgan fingerprint density at radius 2 is 1.89 bits per heavy atom. The number of esters is 1. The van der Waals surface area contributed by atoms with Crippen LogP contribution in [0, 0.1) is 13.8 Å². The molecule has 0 aliphatic heterocycles. The summed E-state index contributed by atoms with van der Waals surface area (Å²) in [6, 6.07) is 6.04. The molecule has 0 N–H and O–H groups in total. The molecule has 0 atom stereocenters. The highest BCUT2D eigenvalue weighted by Gasteiger charge is 2.07. The molecular weight excluding hydrogens is 228 g/mol. The molecule has 2 rings (SSSR count). The highest BCUT2D eigenvalue weighted by molar-refractivity contribution is 5.81. The van der Waals surface area contributed by atoms with E-state index in [2.05, 4.69) is 12.1 Å². The molecule has 1 aromatic heterocycles. The first-order valence-electron chi connectivity index (χ1n) is 6.19. The van der Waals surface area contributed by atoms with Crippen LogP contribution >= 0.6 is 0 Å². The normalized spacial score (nSPS) is 9.83. The third-order valence-corrected chi connectivity index (χ3v) is 2.42. The second-order valence-electron chi connectivity index (χ2n) is 3.99. The zero-order valence-corrected chi connectivity index (χ0v) is 11.7. The third kappa shape index (κ3) is 3.36. The number of carbonyl (C=O) groups excluding carboxylic acids is 1. The zero-order chi connectivity index (χ0) is 13.7. The Labute approximate surface area is 108 Å². The SMILES string of the molecule is CC.CC(=O)OCc1cc2cc(C)cc(C)c2o1. The molecular formula is C15H20O3. The van der Waals surface area contributed by atoms with Crippen LogP contribution in [-0.4, -0.2) is 5.97 Å². The van der Waals surface area contributed by atoms with Crippen molar-refractivity contribution in [2.75, 3.05) is 0 Å². The van der Waals surface area contributed by atoms with E-state index >= 15 is 0 Å². The number of hydrogen-bond acceptors (Lipinski definition) is 3. The molecule has 3 heteroatoms. The van der Waals surface area contributed by atoms with Gasteiger partial charge in [0.1, 0.15) is 18.0 Å². The molecule has 0 spiro atoms. The van der Waals surface area contributed by atoms with Gasteiger partial charge in [-0.2, -0.15) is 0 Å². The molecule has 0 saturated heterocycles. The Hall–Kier alpha value is -1.77. The van der Waals surface area contributed by atoms with E-state index in [1.807, 2.05) is 33.8 Å². The number of benzene rings is 1.